The second-order valence-corrected chi connectivity index (χ2v) is 6.70. The number of fused-ring (bicyclic) bond motifs is 1. The van der Waals surface area contributed by atoms with Gasteiger partial charge in [0.25, 0.3) is 0 Å². The SMILES string of the molecule is CC1(C(=O)Nc2ccccc2)COCc2cnc(Nc3ccccc3)nc21. The molecule has 2 N–H and O–H groups in total. The molecule has 0 saturated carbocycles. The van der Waals surface area contributed by atoms with Gasteiger partial charge >= 0.3 is 0 Å². The Balaban J connectivity index is 1.64. The molecule has 3 aromatic rings. The summed E-state index contributed by atoms with van der Waals surface area (Å²) in [5, 5.41) is 6.15. The molecule has 1 aromatic heterocycles. The number of hydrogen-bond donors (Lipinski definition) is 2. The molecule has 0 aliphatic carbocycles. The minimum absolute atomic E-state index is 0.154. The first-order chi connectivity index (χ1) is 13.1. The summed E-state index contributed by atoms with van der Waals surface area (Å²) >= 11 is 0. The van der Waals surface area contributed by atoms with Crippen molar-refractivity contribution >= 4 is 23.2 Å². The third kappa shape index (κ3) is 3.52. The number of rotatable bonds is 4. The van der Waals surface area contributed by atoms with E-state index < -0.39 is 5.41 Å². The van der Waals surface area contributed by atoms with Crippen LogP contribution < -0.4 is 10.6 Å². The van der Waals surface area contributed by atoms with Crippen molar-refractivity contribution in [3.63, 3.8) is 0 Å². The summed E-state index contributed by atoms with van der Waals surface area (Å²) < 4.78 is 5.67. The number of nitrogens with one attached hydrogen (secondary N) is 2. The largest absolute Gasteiger partial charge is 0.375 e. The summed E-state index contributed by atoms with van der Waals surface area (Å²) in [4.78, 5) is 22.1. The molecule has 0 fully saturated rings. The molecular weight excluding hydrogens is 340 g/mol. The summed E-state index contributed by atoms with van der Waals surface area (Å²) in [6, 6.07) is 19.1. The van der Waals surface area contributed by atoms with Crippen LogP contribution >= 0.6 is 0 Å². The molecule has 6 nitrogen and oxygen atoms in total. The van der Waals surface area contributed by atoms with Gasteiger partial charge in [-0.05, 0) is 31.2 Å². The molecule has 6 heteroatoms. The Labute approximate surface area is 157 Å². The highest BCUT2D eigenvalue weighted by Crippen LogP contribution is 2.33. The predicted molar refractivity (Wildman–Crippen MR) is 104 cm³/mol. The number of benzene rings is 2. The lowest BCUT2D eigenvalue weighted by Crippen LogP contribution is -2.45. The molecule has 1 aliphatic rings. The number of carbonyl (C=O) groups is 1. The summed E-state index contributed by atoms with van der Waals surface area (Å²) in [6.07, 6.45) is 1.72. The van der Waals surface area contributed by atoms with Gasteiger partial charge in [0, 0.05) is 23.1 Å². The van der Waals surface area contributed by atoms with E-state index in [0.29, 0.717) is 18.2 Å². The van der Waals surface area contributed by atoms with Crippen LogP contribution in [0.25, 0.3) is 0 Å². The van der Waals surface area contributed by atoms with Crippen molar-refractivity contribution in [3.05, 3.63) is 78.1 Å². The first kappa shape index (κ1) is 17.2. The second kappa shape index (κ2) is 7.17. The lowest BCUT2D eigenvalue weighted by atomic mass is 9.82. The average Bonchev–Trinajstić information content (AvgIpc) is 2.70. The van der Waals surface area contributed by atoms with Crippen LogP contribution in [0.4, 0.5) is 17.3 Å². The highest BCUT2D eigenvalue weighted by atomic mass is 16.5. The average molecular weight is 360 g/mol. The van der Waals surface area contributed by atoms with E-state index in [-0.39, 0.29) is 12.5 Å². The van der Waals surface area contributed by atoms with Crippen molar-refractivity contribution in [1.82, 2.24) is 9.97 Å². The normalized spacial score (nSPS) is 18.4. The third-order valence-electron chi connectivity index (χ3n) is 4.60. The number of hydrogen-bond acceptors (Lipinski definition) is 5. The van der Waals surface area contributed by atoms with Gasteiger partial charge in [-0.1, -0.05) is 36.4 Å². The smallest absolute Gasteiger partial charge is 0.238 e. The second-order valence-electron chi connectivity index (χ2n) is 6.70. The van der Waals surface area contributed by atoms with Crippen LogP contribution in [0.5, 0.6) is 0 Å². The maximum atomic E-state index is 13.0. The van der Waals surface area contributed by atoms with Crippen molar-refractivity contribution in [3.8, 4) is 0 Å². The van der Waals surface area contributed by atoms with Crippen LogP contribution in [-0.2, 0) is 21.6 Å². The third-order valence-corrected chi connectivity index (χ3v) is 4.60. The zero-order valence-corrected chi connectivity index (χ0v) is 15.0. The van der Waals surface area contributed by atoms with Gasteiger partial charge in [-0.25, -0.2) is 9.97 Å². The Kier molecular flexibility index (Phi) is 4.56. The van der Waals surface area contributed by atoms with Gasteiger partial charge in [0.05, 0.1) is 18.9 Å². The number of ether oxygens (including phenoxy) is 1. The Morgan fingerprint density at radius 3 is 2.41 bits per heavy atom. The number of nitrogens with zero attached hydrogens (tertiary/aromatic N) is 2. The lowest BCUT2D eigenvalue weighted by Gasteiger charge is -2.33. The van der Waals surface area contributed by atoms with Crippen molar-refractivity contribution in [2.75, 3.05) is 17.2 Å². The Morgan fingerprint density at radius 1 is 1.04 bits per heavy atom. The van der Waals surface area contributed by atoms with Gasteiger partial charge < -0.3 is 15.4 Å². The molecule has 2 aromatic carbocycles. The highest BCUT2D eigenvalue weighted by molar-refractivity contribution is 5.99. The van der Waals surface area contributed by atoms with E-state index in [1.807, 2.05) is 67.6 Å². The summed E-state index contributed by atoms with van der Waals surface area (Å²) in [5.74, 6) is 0.305. The minimum atomic E-state index is -0.903. The van der Waals surface area contributed by atoms with Crippen LogP contribution in [0.1, 0.15) is 18.2 Å². The van der Waals surface area contributed by atoms with Gasteiger partial charge in [-0.15, -0.1) is 0 Å². The predicted octanol–water partition coefficient (Wildman–Crippen LogP) is 3.65. The van der Waals surface area contributed by atoms with E-state index >= 15 is 0 Å². The topological polar surface area (TPSA) is 76.1 Å². The van der Waals surface area contributed by atoms with Crippen molar-refractivity contribution < 1.29 is 9.53 Å². The van der Waals surface area contributed by atoms with Crippen molar-refractivity contribution in [1.29, 1.82) is 0 Å². The fourth-order valence-electron chi connectivity index (χ4n) is 3.10. The Hall–Kier alpha value is -3.25. The van der Waals surface area contributed by atoms with Gasteiger partial charge in [-0.2, -0.15) is 0 Å². The van der Waals surface area contributed by atoms with Gasteiger partial charge in [0.1, 0.15) is 5.41 Å². The molecule has 1 unspecified atom stereocenters. The van der Waals surface area contributed by atoms with E-state index in [9.17, 15) is 4.79 Å². The molecule has 1 aliphatic heterocycles. The zero-order chi connectivity index (χ0) is 18.7. The quantitative estimate of drug-likeness (QED) is 0.743. The zero-order valence-electron chi connectivity index (χ0n) is 15.0. The summed E-state index contributed by atoms with van der Waals surface area (Å²) in [6.45, 7) is 2.51. The molecule has 0 bridgehead atoms. The first-order valence-corrected chi connectivity index (χ1v) is 8.78. The molecule has 136 valence electrons. The number of para-hydroxylation sites is 2. The molecule has 2 heterocycles. The number of carbonyl (C=O) groups excluding carboxylic acids is 1. The van der Waals surface area contributed by atoms with E-state index in [4.69, 9.17) is 4.74 Å². The monoisotopic (exact) mass is 360 g/mol. The van der Waals surface area contributed by atoms with Crippen LogP contribution in [0, 0.1) is 0 Å². The molecule has 0 radical (unpaired) electrons. The van der Waals surface area contributed by atoms with Crippen molar-refractivity contribution in [2.45, 2.75) is 18.9 Å². The molecule has 27 heavy (non-hydrogen) atoms. The standard InChI is InChI=1S/C21H20N4O2/c1-21(19(26)23-16-8-4-2-5-9-16)14-27-13-15-12-22-20(25-18(15)21)24-17-10-6-3-7-11-17/h2-12H,13-14H2,1H3,(H,23,26)(H,22,24,25). The first-order valence-electron chi connectivity index (χ1n) is 8.78. The summed E-state index contributed by atoms with van der Waals surface area (Å²) in [7, 11) is 0. The molecule has 1 amide bonds. The summed E-state index contributed by atoms with van der Waals surface area (Å²) in [5.41, 5.74) is 2.24. The van der Waals surface area contributed by atoms with Crippen LogP contribution in [0.3, 0.4) is 0 Å². The minimum Gasteiger partial charge on any atom is -0.375 e. The number of amides is 1. The molecule has 4 rings (SSSR count). The number of anilines is 3. The van der Waals surface area contributed by atoms with E-state index in [1.165, 1.54) is 0 Å². The highest BCUT2D eigenvalue weighted by Gasteiger charge is 2.42. The maximum Gasteiger partial charge on any atom is 0.238 e. The Morgan fingerprint density at radius 2 is 1.70 bits per heavy atom. The van der Waals surface area contributed by atoms with Gasteiger partial charge in [-0.3, -0.25) is 4.79 Å². The number of aromatic nitrogens is 2. The molecule has 1 atom stereocenters. The van der Waals surface area contributed by atoms with Gasteiger partial charge in [0.2, 0.25) is 11.9 Å². The lowest BCUT2D eigenvalue weighted by molar-refractivity contribution is -0.124. The van der Waals surface area contributed by atoms with E-state index in [1.54, 1.807) is 6.20 Å². The Bertz CT molecular complexity index is 947. The molecular formula is C21H20N4O2. The van der Waals surface area contributed by atoms with E-state index in [2.05, 4.69) is 20.6 Å². The van der Waals surface area contributed by atoms with Crippen LogP contribution in [0.15, 0.2) is 66.9 Å². The van der Waals surface area contributed by atoms with Crippen molar-refractivity contribution in [2.24, 2.45) is 0 Å². The van der Waals surface area contributed by atoms with Gasteiger partial charge in [0.15, 0.2) is 0 Å². The maximum absolute atomic E-state index is 13.0. The van der Waals surface area contributed by atoms with Crippen LogP contribution in [0.2, 0.25) is 0 Å². The fraction of sp³-hybridized carbons (Fsp3) is 0.190. The molecule has 0 saturated heterocycles. The van der Waals surface area contributed by atoms with E-state index in [0.717, 1.165) is 16.9 Å². The fourth-order valence-corrected chi connectivity index (χ4v) is 3.10. The van der Waals surface area contributed by atoms with Crippen LogP contribution in [-0.4, -0.2) is 22.5 Å². The molecule has 0 spiro atoms.